The van der Waals surface area contributed by atoms with E-state index in [0.717, 1.165) is 0 Å². The molecular formula is C10H13ClN2O. The predicted molar refractivity (Wildman–Crippen MR) is 57.4 cm³/mol. The van der Waals surface area contributed by atoms with Crippen molar-refractivity contribution in [2.24, 2.45) is 5.73 Å². The predicted octanol–water partition coefficient (Wildman–Crippen LogP) is 1.42. The second-order valence-electron chi connectivity index (χ2n) is 3.19. The van der Waals surface area contributed by atoms with E-state index >= 15 is 0 Å². The lowest BCUT2D eigenvalue weighted by Crippen LogP contribution is -2.35. The minimum Gasteiger partial charge on any atom is -0.350 e. The van der Waals surface area contributed by atoms with Crippen LogP contribution in [0.2, 0.25) is 5.02 Å². The molecule has 0 aliphatic carbocycles. The van der Waals surface area contributed by atoms with Gasteiger partial charge in [-0.05, 0) is 31.2 Å². The summed E-state index contributed by atoms with van der Waals surface area (Å²) in [4.78, 5) is 11.5. The first-order chi connectivity index (χ1) is 6.59. The molecule has 0 bridgehead atoms. The number of halogens is 1. The van der Waals surface area contributed by atoms with Gasteiger partial charge < -0.3 is 11.1 Å². The molecule has 0 saturated heterocycles. The molecular weight excluding hydrogens is 200 g/mol. The van der Waals surface area contributed by atoms with Gasteiger partial charge in [-0.3, -0.25) is 4.79 Å². The van der Waals surface area contributed by atoms with E-state index in [2.05, 4.69) is 5.32 Å². The summed E-state index contributed by atoms with van der Waals surface area (Å²) < 4.78 is 0. The highest BCUT2D eigenvalue weighted by molar-refractivity contribution is 6.30. The van der Waals surface area contributed by atoms with Crippen LogP contribution in [0.5, 0.6) is 0 Å². The highest BCUT2D eigenvalue weighted by atomic mass is 35.5. The first-order valence-electron chi connectivity index (χ1n) is 4.39. The molecule has 1 amide bonds. The van der Waals surface area contributed by atoms with Gasteiger partial charge in [-0.1, -0.05) is 11.6 Å². The van der Waals surface area contributed by atoms with E-state index in [1.807, 2.05) is 6.92 Å². The van der Waals surface area contributed by atoms with Crippen molar-refractivity contribution < 1.29 is 4.79 Å². The fourth-order valence-corrected chi connectivity index (χ4v) is 1.08. The van der Waals surface area contributed by atoms with Crippen molar-refractivity contribution in [1.82, 2.24) is 5.32 Å². The van der Waals surface area contributed by atoms with Crippen molar-refractivity contribution in [2.75, 3.05) is 6.54 Å². The summed E-state index contributed by atoms with van der Waals surface area (Å²) >= 11 is 5.69. The van der Waals surface area contributed by atoms with Crippen LogP contribution in [0, 0.1) is 0 Å². The molecule has 4 heteroatoms. The van der Waals surface area contributed by atoms with Crippen LogP contribution in [0.4, 0.5) is 0 Å². The van der Waals surface area contributed by atoms with Gasteiger partial charge in [0.2, 0.25) is 0 Å². The van der Waals surface area contributed by atoms with E-state index < -0.39 is 0 Å². The summed E-state index contributed by atoms with van der Waals surface area (Å²) in [6.45, 7) is 2.31. The number of amides is 1. The van der Waals surface area contributed by atoms with Crippen LogP contribution >= 0.6 is 11.6 Å². The summed E-state index contributed by atoms with van der Waals surface area (Å²) in [5.41, 5.74) is 6.10. The fourth-order valence-electron chi connectivity index (χ4n) is 0.957. The minimum absolute atomic E-state index is 0.0359. The lowest BCUT2D eigenvalue weighted by Gasteiger charge is -2.07. The molecule has 0 heterocycles. The highest BCUT2D eigenvalue weighted by Crippen LogP contribution is 2.09. The molecule has 3 N–H and O–H groups in total. The monoisotopic (exact) mass is 212 g/mol. The lowest BCUT2D eigenvalue weighted by molar-refractivity contribution is 0.0952. The van der Waals surface area contributed by atoms with Gasteiger partial charge in [-0.15, -0.1) is 0 Å². The Morgan fingerprint density at radius 3 is 2.57 bits per heavy atom. The normalized spacial score (nSPS) is 12.2. The van der Waals surface area contributed by atoms with Crippen molar-refractivity contribution >= 4 is 17.5 Å². The van der Waals surface area contributed by atoms with Crippen LogP contribution < -0.4 is 11.1 Å². The smallest absolute Gasteiger partial charge is 0.251 e. The molecule has 1 aromatic carbocycles. The third kappa shape index (κ3) is 3.36. The Hall–Kier alpha value is -1.06. The number of carbonyl (C=O) groups is 1. The zero-order valence-electron chi connectivity index (χ0n) is 7.96. The molecule has 0 radical (unpaired) electrons. The molecule has 0 spiro atoms. The van der Waals surface area contributed by atoms with Crippen molar-refractivity contribution in [2.45, 2.75) is 13.0 Å². The van der Waals surface area contributed by atoms with Crippen LogP contribution in [0.3, 0.4) is 0 Å². The Morgan fingerprint density at radius 2 is 2.07 bits per heavy atom. The summed E-state index contributed by atoms with van der Waals surface area (Å²) in [5, 5.41) is 3.33. The molecule has 76 valence electrons. The molecule has 1 aromatic rings. The van der Waals surface area contributed by atoms with Crippen molar-refractivity contribution in [1.29, 1.82) is 0 Å². The Morgan fingerprint density at radius 1 is 1.50 bits per heavy atom. The second kappa shape index (κ2) is 4.98. The van der Waals surface area contributed by atoms with Gasteiger partial charge in [0.05, 0.1) is 0 Å². The zero-order chi connectivity index (χ0) is 10.6. The Bertz CT molecular complexity index is 308. The number of nitrogens with one attached hydrogen (secondary N) is 1. The zero-order valence-corrected chi connectivity index (χ0v) is 8.71. The maximum atomic E-state index is 11.5. The standard InChI is InChI=1S/C10H13ClN2O/c1-7(12)6-13-10(14)8-2-4-9(11)5-3-8/h2-5,7H,6,12H2,1H3,(H,13,14). The fraction of sp³-hybridized carbons (Fsp3) is 0.300. The van der Waals surface area contributed by atoms with Crippen LogP contribution in [-0.4, -0.2) is 18.5 Å². The number of carbonyl (C=O) groups excluding carboxylic acids is 1. The van der Waals surface area contributed by atoms with Gasteiger partial charge in [0.1, 0.15) is 0 Å². The molecule has 1 atom stereocenters. The molecule has 14 heavy (non-hydrogen) atoms. The van der Waals surface area contributed by atoms with E-state index in [4.69, 9.17) is 17.3 Å². The molecule has 0 aromatic heterocycles. The largest absolute Gasteiger partial charge is 0.350 e. The van der Waals surface area contributed by atoms with Gasteiger partial charge in [-0.2, -0.15) is 0 Å². The molecule has 0 aliphatic heterocycles. The maximum Gasteiger partial charge on any atom is 0.251 e. The van der Waals surface area contributed by atoms with E-state index in [1.165, 1.54) is 0 Å². The van der Waals surface area contributed by atoms with Gasteiger partial charge in [0.15, 0.2) is 0 Å². The van der Waals surface area contributed by atoms with Crippen molar-refractivity contribution in [3.63, 3.8) is 0 Å². The average molecular weight is 213 g/mol. The number of rotatable bonds is 3. The van der Waals surface area contributed by atoms with E-state index in [1.54, 1.807) is 24.3 Å². The van der Waals surface area contributed by atoms with Crippen molar-refractivity contribution in [3.05, 3.63) is 34.9 Å². The Balaban J connectivity index is 2.57. The molecule has 1 unspecified atom stereocenters. The van der Waals surface area contributed by atoms with Crippen LogP contribution in [0.15, 0.2) is 24.3 Å². The molecule has 0 fully saturated rings. The van der Waals surface area contributed by atoms with Gasteiger partial charge in [0.25, 0.3) is 5.91 Å². The molecule has 0 aliphatic rings. The van der Waals surface area contributed by atoms with Crippen LogP contribution in [-0.2, 0) is 0 Å². The Kier molecular flexibility index (Phi) is 3.92. The van der Waals surface area contributed by atoms with Gasteiger partial charge in [-0.25, -0.2) is 0 Å². The summed E-state index contributed by atoms with van der Waals surface area (Å²) in [6.07, 6.45) is 0. The average Bonchev–Trinajstić information content (AvgIpc) is 2.15. The molecule has 0 saturated carbocycles. The minimum atomic E-state index is -0.126. The van der Waals surface area contributed by atoms with Crippen molar-refractivity contribution in [3.8, 4) is 0 Å². The topological polar surface area (TPSA) is 55.1 Å². The van der Waals surface area contributed by atoms with E-state index in [0.29, 0.717) is 17.1 Å². The number of nitrogens with two attached hydrogens (primary N) is 1. The van der Waals surface area contributed by atoms with Crippen LogP contribution in [0.25, 0.3) is 0 Å². The second-order valence-corrected chi connectivity index (χ2v) is 3.63. The third-order valence-corrected chi connectivity index (χ3v) is 1.94. The first kappa shape index (κ1) is 11.0. The number of hydrogen-bond donors (Lipinski definition) is 2. The number of hydrogen-bond acceptors (Lipinski definition) is 2. The third-order valence-electron chi connectivity index (χ3n) is 1.69. The number of benzene rings is 1. The summed E-state index contributed by atoms with van der Waals surface area (Å²) in [6, 6.07) is 6.69. The summed E-state index contributed by atoms with van der Waals surface area (Å²) in [7, 11) is 0. The van der Waals surface area contributed by atoms with Crippen LogP contribution in [0.1, 0.15) is 17.3 Å². The van der Waals surface area contributed by atoms with E-state index in [9.17, 15) is 4.79 Å². The SMILES string of the molecule is CC(N)CNC(=O)c1ccc(Cl)cc1. The van der Waals surface area contributed by atoms with Gasteiger partial charge >= 0.3 is 0 Å². The maximum absolute atomic E-state index is 11.5. The highest BCUT2D eigenvalue weighted by Gasteiger charge is 2.04. The first-order valence-corrected chi connectivity index (χ1v) is 4.76. The summed E-state index contributed by atoms with van der Waals surface area (Å²) in [5.74, 6) is -0.126. The quantitative estimate of drug-likeness (QED) is 0.796. The van der Waals surface area contributed by atoms with Gasteiger partial charge in [0, 0.05) is 23.2 Å². The Labute approximate surface area is 88.2 Å². The molecule has 3 nitrogen and oxygen atoms in total. The van der Waals surface area contributed by atoms with E-state index in [-0.39, 0.29) is 11.9 Å². The molecule has 1 rings (SSSR count). The lowest BCUT2D eigenvalue weighted by atomic mass is 10.2.